The Morgan fingerprint density at radius 1 is 1.21 bits per heavy atom. The summed E-state index contributed by atoms with van der Waals surface area (Å²) in [5.74, 6) is -0.891. The maximum atomic E-state index is 11.0. The van der Waals surface area contributed by atoms with Crippen molar-refractivity contribution in [2.24, 2.45) is 0 Å². The van der Waals surface area contributed by atoms with Crippen molar-refractivity contribution in [2.75, 3.05) is 0 Å². The molecule has 0 saturated heterocycles. The number of aryl methyl sites for hydroxylation is 1. The van der Waals surface area contributed by atoms with E-state index in [1.54, 1.807) is 23.9 Å². The second-order valence-electron chi connectivity index (χ2n) is 4.04. The van der Waals surface area contributed by atoms with Crippen LogP contribution < -0.4 is 0 Å². The van der Waals surface area contributed by atoms with Crippen LogP contribution in [0.5, 0.6) is 0 Å². The molecule has 2 aromatic rings. The molecule has 1 N–H and O–H groups in total. The minimum absolute atomic E-state index is 0.331. The number of hydrogen-bond acceptors (Lipinski definition) is 2. The van der Waals surface area contributed by atoms with E-state index in [4.69, 9.17) is 16.7 Å². The van der Waals surface area contributed by atoms with Crippen LogP contribution in [0.3, 0.4) is 0 Å². The van der Waals surface area contributed by atoms with E-state index >= 15 is 0 Å². The summed E-state index contributed by atoms with van der Waals surface area (Å²) >= 11 is 7.47. The lowest BCUT2D eigenvalue weighted by Crippen LogP contribution is -1.98. The highest BCUT2D eigenvalue weighted by Gasteiger charge is 2.08. The summed E-state index contributed by atoms with van der Waals surface area (Å²) in [6.07, 6.45) is 0.803. The number of carboxylic acids is 1. The van der Waals surface area contributed by atoms with E-state index in [1.165, 1.54) is 0 Å². The Bertz CT molecular complexity index is 594. The molecule has 0 heterocycles. The molecular weight excluding hydrogens is 280 g/mol. The molecule has 0 atom stereocenters. The third kappa shape index (κ3) is 3.52. The number of halogens is 1. The van der Waals surface area contributed by atoms with E-state index in [1.807, 2.05) is 37.3 Å². The topological polar surface area (TPSA) is 37.3 Å². The summed E-state index contributed by atoms with van der Waals surface area (Å²) in [6.45, 7) is 2.02. The average molecular weight is 293 g/mol. The highest BCUT2D eigenvalue weighted by Crippen LogP contribution is 2.32. The number of rotatable bonds is 4. The van der Waals surface area contributed by atoms with Crippen LogP contribution in [0.25, 0.3) is 0 Å². The van der Waals surface area contributed by atoms with Crippen molar-refractivity contribution in [3.63, 3.8) is 0 Å². The first-order chi connectivity index (χ1) is 9.10. The van der Waals surface area contributed by atoms with Gasteiger partial charge in [0.05, 0.1) is 5.56 Å². The van der Waals surface area contributed by atoms with Gasteiger partial charge >= 0.3 is 5.97 Å². The van der Waals surface area contributed by atoms with Crippen molar-refractivity contribution in [1.82, 2.24) is 0 Å². The van der Waals surface area contributed by atoms with Gasteiger partial charge in [0.2, 0.25) is 0 Å². The Balaban J connectivity index is 2.29. The molecule has 98 valence electrons. The highest BCUT2D eigenvalue weighted by molar-refractivity contribution is 7.99. The van der Waals surface area contributed by atoms with Gasteiger partial charge in [-0.05, 0) is 54.4 Å². The molecule has 0 unspecified atom stereocenters. The van der Waals surface area contributed by atoms with Crippen LogP contribution in [-0.2, 0) is 6.42 Å². The zero-order valence-electron chi connectivity index (χ0n) is 10.4. The second-order valence-corrected chi connectivity index (χ2v) is 5.59. The molecular formula is C15H13ClO2S. The molecule has 0 saturated carbocycles. The zero-order valence-corrected chi connectivity index (χ0v) is 12.0. The average Bonchev–Trinajstić information content (AvgIpc) is 2.41. The molecule has 2 rings (SSSR count). The molecule has 0 spiro atoms. The molecule has 0 aliphatic carbocycles. The molecule has 0 aliphatic rings. The first-order valence-corrected chi connectivity index (χ1v) is 7.09. The number of benzene rings is 2. The van der Waals surface area contributed by atoms with Gasteiger partial charge in [0.25, 0.3) is 0 Å². The molecule has 0 bridgehead atoms. The van der Waals surface area contributed by atoms with Crippen molar-refractivity contribution in [2.45, 2.75) is 23.1 Å². The van der Waals surface area contributed by atoms with Gasteiger partial charge in [-0.2, -0.15) is 0 Å². The van der Waals surface area contributed by atoms with Gasteiger partial charge in [-0.25, -0.2) is 4.79 Å². The Morgan fingerprint density at radius 2 is 1.89 bits per heavy atom. The normalized spacial score (nSPS) is 10.4. The van der Waals surface area contributed by atoms with Crippen LogP contribution in [0, 0.1) is 0 Å². The predicted octanol–water partition coefficient (Wildman–Crippen LogP) is 4.75. The third-order valence-corrected chi connectivity index (χ3v) is 4.11. The number of hydrogen-bond donors (Lipinski definition) is 1. The van der Waals surface area contributed by atoms with Crippen LogP contribution in [0.1, 0.15) is 22.8 Å². The lowest BCUT2D eigenvalue weighted by molar-refractivity contribution is 0.0696. The maximum Gasteiger partial charge on any atom is 0.335 e. The smallest absolute Gasteiger partial charge is 0.335 e. The van der Waals surface area contributed by atoms with Gasteiger partial charge in [-0.1, -0.05) is 30.3 Å². The molecule has 0 fully saturated rings. The Labute approximate surface area is 121 Å². The quantitative estimate of drug-likeness (QED) is 0.883. The molecule has 4 heteroatoms. The van der Waals surface area contributed by atoms with Gasteiger partial charge < -0.3 is 5.11 Å². The Hall–Kier alpha value is -1.45. The summed E-state index contributed by atoms with van der Waals surface area (Å²) in [5.41, 5.74) is 1.37. The highest BCUT2D eigenvalue weighted by atomic mass is 35.5. The fourth-order valence-electron chi connectivity index (χ4n) is 1.72. The molecule has 19 heavy (non-hydrogen) atoms. The second kappa shape index (κ2) is 6.13. The molecule has 0 amide bonds. The van der Waals surface area contributed by atoms with E-state index in [0.717, 1.165) is 21.8 Å². The summed E-state index contributed by atoms with van der Waals surface area (Å²) in [7, 11) is 0. The van der Waals surface area contributed by atoms with Gasteiger partial charge in [0, 0.05) is 14.8 Å². The Morgan fingerprint density at radius 3 is 2.47 bits per heavy atom. The standard InChI is InChI=1S/C15H13ClO2S/c1-2-10-9-11(15(17)18)3-8-14(10)19-13-6-4-12(16)5-7-13/h3-9H,2H2,1H3,(H,17,18). The third-order valence-electron chi connectivity index (χ3n) is 2.73. The minimum Gasteiger partial charge on any atom is -0.478 e. The van der Waals surface area contributed by atoms with E-state index in [2.05, 4.69) is 0 Å². The molecule has 2 aromatic carbocycles. The van der Waals surface area contributed by atoms with Crippen LogP contribution >= 0.6 is 23.4 Å². The molecule has 0 aromatic heterocycles. The molecule has 0 radical (unpaired) electrons. The van der Waals surface area contributed by atoms with Gasteiger partial charge in [0.15, 0.2) is 0 Å². The van der Waals surface area contributed by atoms with Crippen molar-refractivity contribution in [1.29, 1.82) is 0 Å². The van der Waals surface area contributed by atoms with E-state index < -0.39 is 5.97 Å². The van der Waals surface area contributed by atoms with Crippen LogP contribution in [0.4, 0.5) is 0 Å². The summed E-state index contributed by atoms with van der Waals surface area (Å²) in [4.78, 5) is 13.1. The maximum absolute atomic E-state index is 11.0. The predicted molar refractivity (Wildman–Crippen MR) is 78.4 cm³/mol. The van der Waals surface area contributed by atoms with Gasteiger partial charge in [-0.15, -0.1) is 0 Å². The molecule has 0 aliphatic heterocycles. The number of carbonyl (C=O) groups is 1. The van der Waals surface area contributed by atoms with Gasteiger partial charge in [0.1, 0.15) is 0 Å². The Kier molecular flexibility index (Phi) is 4.51. The summed E-state index contributed by atoms with van der Waals surface area (Å²) in [6, 6.07) is 12.8. The zero-order chi connectivity index (χ0) is 13.8. The lowest BCUT2D eigenvalue weighted by Gasteiger charge is -2.08. The SMILES string of the molecule is CCc1cc(C(=O)O)ccc1Sc1ccc(Cl)cc1. The van der Waals surface area contributed by atoms with Crippen LogP contribution in [-0.4, -0.2) is 11.1 Å². The number of aromatic carboxylic acids is 1. The van der Waals surface area contributed by atoms with Crippen molar-refractivity contribution < 1.29 is 9.90 Å². The fourth-order valence-corrected chi connectivity index (χ4v) is 2.84. The summed E-state index contributed by atoms with van der Waals surface area (Å²) in [5, 5.41) is 9.70. The lowest BCUT2D eigenvalue weighted by atomic mass is 10.1. The monoisotopic (exact) mass is 292 g/mol. The first-order valence-electron chi connectivity index (χ1n) is 5.90. The van der Waals surface area contributed by atoms with E-state index in [-0.39, 0.29) is 0 Å². The molecule has 2 nitrogen and oxygen atoms in total. The summed E-state index contributed by atoms with van der Waals surface area (Å²) < 4.78 is 0. The van der Waals surface area contributed by atoms with Crippen molar-refractivity contribution in [3.05, 3.63) is 58.6 Å². The van der Waals surface area contributed by atoms with Crippen molar-refractivity contribution in [3.8, 4) is 0 Å². The minimum atomic E-state index is -0.891. The van der Waals surface area contributed by atoms with Crippen LogP contribution in [0.15, 0.2) is 52.3 Å². The van der Waals surface area contributed by atoms with E-state index in [0.29, 0.717) is 10.6 Å². The fraction of sp³-hybridized carbons (Fsp3) is 0.133. The van der Waals surface area contributed by atoms with Gasteiger partial charge in [-0.3, -0.25) is 0 Å². The first kappa shape index (κ1) is 14.0. The number of carboxylic acid groups (broad SMARTS) is 1. The largest absolute Gasteiger partial charge is 0.478 e. The van der Waals surface area contributed by atoms with E-state index in [9.17, 15) is 4.79 Å². The van der Waals surface area contributed by atoms with Crippen molar-refractivity contribution >= 4 is 29.3 Å². The van der Waals surface area contributed by atoms with Crippen LogP contribution in [0.2, 0.25) is 5.02 Å².